The highest BCUT2D eigenvalue weighted by Gasteiger charge is 2.24. The van der Waals surface area contributed by atoms with E-state index in [-0.39, 0.29) is 16.5 Å². The molecule has 0 aromatic heterocycles. The Balaban J connectivity index is 1.86. The van der Waals surface area contributed by atoms with Crippen molar-refractivity contribution in [2.24, 2.45) is 5.92 Å². The van der Waals surface area contributed by atoms with E-state index >= 15 is 0 Å². The highest BCUT2D eigenvalue weighted by molar-refractivity contribution is 5.95. The number of benzene rings is 1. The summed E-state index contributed by atoms with van der Waals surface area (Å²) in [6.45, 7) is 0.758. The van der Waals surface area contributed by atoms with Gasteiger partial charge in [-0.05, 0) is 36.8 Å². The number of anilines is 2. The molecule has 0 unspecified atom stereocenters. The summed E-state index contributed by atoms with van der Waals surface area (Å²) in [4.78, 5) is 22.2. The van der Waals surface area contributed by atoms with Gasteiger partial charge in [-0.25, -0.2) is 0 Å². The number of carbonyl (C=O) groups is 1. The van der Waals surface area contributed by atoms with Crippen molar-refractivity contribution in [1.29, 1.82) is 0 Å². The molecule has 106 valence electrons. The molecule has 2 N–H and O–H groups in total. The number of fused-ring (bicyclic) bond motifs is 1. The monoisotopic (exact) mass is 275 g/mol. The lowest BCUT2D eigenvalue weighted by Gasteiger charge is -2.26. The van der Waals surface area contributed by atoms with Crippen LogP contribution in [0.3, 0.4) is 0 Å². The Kier molecular flexibility index (Phi) is 3.30. The van der Waals surface area contributed by atoms with E-state index in [1.807, 2.05) is 0 Å². The Morgan fingerprint density at radius 1 is 1.35 bits per heavy atom. The summed E-state index contributed by atoms with van der Waals surface area (Å²) in [6.07, 6.45) is 4.56. The van der Waals surface area contributed by atoms with E-state index in [1.54, 1.807) is 12.1 Å². The van der Waals surface area contributed by atoms with Gasteiger partial charge in [0.15, 0.2) is 0 Å². The summed E-state index contributed by atoms with van der Waals surface area (Å²) in [5.74, 6) is 0.580. The molecular weight excluding hydrogens is 258 g/mol. The summed E-state index contributed by atoms with van der Waals surface area (Å²) in [5, 5.41) is 17.1. The normalized spacial score (nSPS) is 17.9. The van der Waals surface area contributed by atoms with Crippen LogP contribution in [0.5, 0.6) is 0 Å². The van der Waals surface area contributed by atoms with Gasteiger partial charge in [0.2, 0.25) is 5.91 Å². The first kappa shape index (κ1) is 12.9. The largest absolute Gasteiger partial charge is 0.379 e. The second-order valence-corrected chi connectivity index (χ2v) is 5.51. The topological polar surface area (TPSA) is 84.3 Å². The molecule has 1 fully saturated rings. The fraction of sp³-hybridized carbons (Fsp3) is 0.500. The van der Waals surface area contributed by atoms with Crippen LogP contribution in [-0.2, 0) is 11.2 Å². The molecule has 0 saturated heterocycles. The van der Waals surface area contributed by atoms with Crippen molar-refractivity contribution in [2.75, 3.05) is 17.2 Å². The smallest absolute Gasteiger partial charge is 0.292 e. The van der Waals surface area contributed by atoms with E-state index in [4.69, 9.17) is 0 Å². The fourth-order valence-electron chi connectivity index (χ4n) is 2.66. The average molecular weight is 275 g/mol. The number of nitrogens with one attached hydrogen (secondary N) is 2. The summed E-state index contributed by atoms with van der Waals surface area (Å²) >= 11 is 0. The number of amides is 1. The van der Waals surface area contributed by atoms with Crippen LogP contribution in [0.2, 0.25) is 0 Å². The van der Waals surface area contributed by atoms with Crippen molar-refractivity contribution in [3.05, 3.63) is 27.8 Å². The van der Waals surface area contributed by atoms with Gasteiger partial charge in [-0.3, -0.25) is 14.9 Å². The van der Waals surface area contributed by atoms with Gasteiger partial charge in [-0.15, -0.1) is 0 Å². The molecule has 20 heavy (non-hydrogen) atoms. The third-order valence-corrected chi connectivity index (χ3v) is 4.12. The maximum absolute atomic E-state index is 11.4. The number of nitrogens with zero attached hydrogens (tertiary/aromatic N) is 1. The lowest BCUT2D eigenvalue weighted by molar-refractivity contribution is -0.384. The molecule has 1 aromatic rings. The highest BCUT2D eigenvalue weighted by atomic mass is 16.6. The summed E-state index contributed by atoms with van der Waals surface area (Å²) in [7, 11) is 0. The molecule has 6 nitrogen and oxygen atoms in total. The third kappa shape index (κ3) is 2.45. The van der Waals surface area contributed by atoms with Crippen molar-refractivity contribution in [1.82, 2.24) is 0 Å². The van der Waals surface area contributed by atoms with E-state index in [2.05, 4.69) is 10.6 Å². The first-order valence-electron chi connectivity index (χ1n) is 6.98. The van der Waals surface area contributed by atoms with Gasteiger partial charge in [-0.2, -0.15) is 0 Å². The minimum atomic E-state index is -0.361. The average Bonchev–Trinajstić information content (AvgIpc) is 2.35. The van der Waals surface area contributed by atoms with Crippen LogP contribution in [0.1, 0.15) is 31.2 Å². The summed E-state index contributed by atoms with van der Waals surface area (Å²) in [5.41, 5.74) is 2.13. The number of rotatable bonds is 4. The van der Waals surface area contributed by atoms with Crippen LogP contribution in [-0.4, -0.2) is 17.4 Å². The Morgan fingerprint density at radius 3 is 2.80 bits per heavy atom. The van der Waals surface area contributed by atoms with Crippen LogP contribution in [0.25, 0.3) is 0 Å². The van der Waals surface area contributed by atoms with Gasteiger partial charge in [0, 0.05) is 24.7 Å². The van der Waals surface area contributed by atoms with Crippen molar-refractivity contribution in [3.8, 4) is 0 Å². The molecule has 1 heterocycles. The molecule has 1 aromatic carbocycles. The maximum atomic E-state index is 11.4. The lowest BCUT2D eigenvalue weighted by atomic mass is 9.85. The molecule has 2 aliphatic rings. The maximum Gasteiger partial charge on any atom is 0.292 e. The predicted molar refractivity (Wildman–Crippen MR) is 75.9 cm³/mol. The number of nitro benzene ring substituents is 1. The van der Waals surface area contributed by atoms with Gasteiger partial charge >= 0.3 is 0 Å². The minimum absolute atomic E-state index is 0.0312. The number of hydrogen-bond acceptors (Lipinski definition) is 4. The predicted octanol–water partition coefficient (Wildman–Crippen LogP) is 2.69. The van der Waals surface area contributed by atoms with E-state index in [0.717, 1.165) is 12.1 Å². The SMILES string of the molecule is O=C1CCc2cc([N+](=O)[O-])c(NCC3CCC3)cc2N1. The zero-order chi connectivity index (χ0) is 14.1. The molecule has 1 saturated carbocycles. The summed E-state index contributed by atoms with van der Waals surface area (Å²) < 4.78 is 0. The van der Waals surface area contributed by atoms with Crippen LogP contribution in [0.15, 0.2) is 12.1 Å². The van der Waals surface area contributed by atoms with Crippen LogP contribution < -0.4 is 10.6 Å². The molecule has 0 bridgehead atoms. The fourth-order valence-corrected chi connectivity index (χ4v) is 2.66. The first-order chi connectivity index (χ1) is 9.63. The van der Waals surface area contributed by atoms with Crippen molar-refractivity contribution in [2.45, 2.75) is 32.1 Å². The van der Waals surface area contributed by atoms with E-state index in [0.29, 0.717) is 30.1 Å². The van der Waals surface area contributed by atoms with Crippen molar-refractivity contribution >= 4 is 23.0 Å². The molecule has 1 aliphatic carbocycles. The van der Waals surface area contributed by atoms with Crippen molar-refractivity contribution in [3.63, 3.8) is 0 Å². The zero-order valence-electron chi connectivity index (χ0n) is 11.1. The van der Waals surface area contributed by atoms with E-state index < -0.39 is 0 Å². The Labute approximate surface area is 116 Å². The number of hydrogen-bond donors (Lipinski definition) is 2. The highest BCUT2D eigenvalue weighted by Crippen LogP contribution is 2.35. The minimum Gasteiger partial charge on any atom is -0.379 e. The summed E-state index contributed by atoms with van der Waals surface area (Å²) in [6, 6.07) is 3.28. The van der Waals surface area contributed by atoms with Gasteiger partial charge in [0.1, 0.15) is 5.69 Å². The molecular formula is C14H17N3O3. The Morgan fingerprint density at radius 2 is 2.15 bits per heavy atom. The zero-order valence-corrected chi connectivity index (χ0v) is 11.1. The first-order valence-corrected chi connectivity index (χ1v) is 6.98. The quantitative estimate of drug-likeness (QED) is 0.653. The molecule has 3 rings (SSSR count). The molecule has 0 atom stereocenters. The van der Waals surface area contributed by atoms with Gasteiger partial charge in [-0.1, -0.05) is 6.42 Å². The molecule has 1 amide bonds. The van der Waals surface area contributed by atoms with Gasteiger partial charge in [0.05, 0.1) is 4.92 Å². The van der Waals surface area contributed by atoms with Crippen molar-refractivity contribution < 1.29 is 9.72 Å². The lowest BCUT2D eigenvalue weighted by Crippen LogP contribution is -2.22. The van der Waals surface area contributed by atoms with Crippen LogP contribution in [0.4, 0.5) is 17.1 Å². The number of nitro groups is 1. The van der Waals surface area contributed by atoms with E-state index in [9.17, 15) is 14.9 Å². The van der Waals surface area contributed by atoms with Crippen LogP contribution >= 0.6 is 0 Å². The third-order valence-electron chi connectivity index (χ3n) is 4.12. The van der Waals surface area contributed by atoms with E-state index in [1.165, 1.54) is 19.3 Å². The molecule has 1 aliphatic heterocycles. The molecule has 0 spiro atoms. The Hall–Kier alpha value is -2.11. The molecule has 6 heteroatoms. The standard InChI is InChI=1S/C14H17N3O3/c18-14-5-4-10-6-13(17(19)20)12(7-11(10)16-14)15-8-9-2-1-3-9/h6-7,9,15H,1-5,8H2,(H,16,18). The molecule has 0 radical (unpaired) electrons. The van der Waals surface area contributed by atoms with Gasteiger partial charge in [0.25, 0.3) is 5.69 Å². The number of carbonyl (C=O) groups excluding carboxylic acids is 1. The second kappa shape index (κ2) is 5.11. The van der Waals surface area contributed by atoms with Gasteiger partial charge < -0.3 is 10.6 Å². The second-order valence-electron chi connectivity index (χ2n) is 5.51. The van der Waals surface area contributed by atoms with Crippen LogP contribution in [0, 0.1) is 16.0 Å². The number of aryl methyl sites for hydroxylation is 1. The Bertz CT molecular complexity index is 567.